The van der Waals surface area contributed by atoms with E-state index >= 15 is 0 Å². The Morgan fingerprint density at radius 3 is 2.17 bits per heavy atom. The van der Waals surface area contributed by atoms with Gasteiger partial charge in [-0.05, 0) is 32.6 Å². The Morgan fingerprint density at radius 1 is 1.22 bits per heavy atom. The van der Waals surface area contributed by atoms with E-state index in [9.17, 15) is 14.4 Å². The third-order valence-electron chi connectivity index (χ3n) is 3.17. The molecule has 0 saturated carbocycles. The fraction of sp³-hybridized carbons (Fsp3) is 0.462. The summed E-state index contributed by atoms with van der Waals surface area (Å²) in [7, 11) is 0. The predicted octanol–water partition coefficient (Wildman–Crippen LogP) is 1.30. The van der Waals surface area contributed by atoms with Gasteiger partial charge in [0, 0.05) is 11.1 Å². The molecule has 0 saturated heterocycles. The first-order valence-corrected chi connectivity index (χ1v) is 6.04. The second kappa shape index (κ2) is 4.76. The molecular formula is C13H15NO4. The van der Waals surface area contributed by atoms with Crippen LogP contribution in [-0.2, 0) is 19.1 Å². The number of rotatable bonds is 3. The molecule has 2 amide bonds. The van der Waals surface area contributed by atoms with Crippen molar-refractivity contribution in [3.8, 4) is 0 Å². The number of esters is 1. The molecule has 0 aromatic rings. The van der Waals surface area contributed by atoms with E-state index in [0.717, 1.165) is 17.7 Å². The molecule has 1 heterocycles. The lowest BCUT2D eigenvalue weighted by Crippen LogP contribution is -2.34. The quantitative estimate of drug-likeness (QED) is 0.429. The Hall–Kier alpha value is -1.91. The molecule has 0 N–H and O–H groups in total. The minimum absolute atomic E-state index is 0.182. The van der Waals surface area contributed by atoms with Crippen molar-refractivity contribution in [2.45, 2.75) is 32.6 Å². The van der Waals surface area contributed by atoms with Crippen LogP contribution in [-0.4, -0.2) is 29.3 Å². The summed E-state index contributed by atoms with van der Waals surface area (Å²) in [5.41, 5.74) is 0.884. The smallest absolute Gasteiger partial charge is 0.354 e. The standard InChI is InChI=1S/C13H15NO4/c1-3-18-13(17)8(2)14-11(15)9-6-4-5-7-10(9)12(14)16/h2-7H2,1H3. The molecule has 96 valence electrons. The van der Waals surface area contributed by atoms with E-state index in [0.29, 0.717) is 24.0 Å². The van der Waals surface area contributed by atoms with Gasteiger partial charge in [-0.1, -0.05) is 6.58 Å². The molecule has 2 rings (SSSR count). The van der Waals surface area contributed by atoms with E-state index in [1.54, 1.807) is 6.92 Å². The summed E-state index contributed by atoms with van der Waals surface area (Å²) in [5.74, 6) is -1.54. The molecule has 1 aliphatic heterocycles. The van der Waals surface area contributed by atoms with Crippen molar-refractivity contribution in [3.63, 3.8) is 0 Å². The Bertz CT molecular complexity index is 447. The maximum absolute atomic E-state index is 12.1. The summed E-state index contributed by atoms with van der Waals surface area (Å²) in [6.07, 6.45) is 3.01. The molecule has 0 fully saturated rings. The van der Waals surface area contributed by atoms with E-state index in [4.69, 9.17) is 4.74 Å². The molecule has 0 aromatic heterocycles. The highest BCUT2D eigenvalue weighted by molar-refractivity contribution is 6.22. The van der Waals surface area contributed by atoms with Gasteiger partial charge in [-0.15, -0.1) is 0 Å². The van der Waals surface area contributed by atoms with Crippen LogP contribution in [0.4, 0.5) is 0 Å². The van der Waals surface area contributed by atoms with Crippen LogP contribution in [0.15, 0.2) is 23.4 Å². The first-order chi connectivity index (χ1) is 8.57. The average molecular weight is 249 g/mol. The summed E-state index contributed by atoms with van der Waals surface area (Å²) < 4.78 is 4.76. The monoisotopic (exact) mass is 249 g/mol. The van der Waals surface area contributed by atoms with Crippen molar-refractivity contribution in [3.05, 3.63) is 23.4 Å². The summed E-state index contributed by atoms with van der Waals surface area (Å²) in [5, 5.41) is 0. The number of hydrogen-bond acceptors (Lipinski definition) is 4. The second-order valence-corrected chi connectivity index (χ2v) is 4.28. The van der Waals surface area contributed by atoms with Gasteiger partial charge in [0.15, 0.2) is 0 Å². The van der Waals surface area contributed by atoms with Crippen molar-refractivity contribution in [1.29, 1.82) is 0 Å². The van der Waals surface area contributed by atoms with Crippen molar-refractivity contribution >= 4 is 17.8 Å². The van der Waals surface area contributed by atoms with Gasteiger partial charge in [0.25, 0.3) is 11.8 Å². The van der Waals surface area contributed by atoms with Crippen molar-refractivity contribution in [2.24, 2.45) is 0 Å². The van der Waals surface area contributed by atoms with Gasteiger partial charge in [-0.25, -0.2) is 9.69 Å². The number of carbonyl (C=O) groups excluding carboxylic acids is 3. The van der Waals surface area contributed by atoms with Crippen LogP contribution in [0.3, 0.4) is 0 Å². The number of imide groups is 1. The lowest BCUT2D eigenvalue weighted by Gasteiger charge is -2.15. The van der Waals surface area contributed by atoms with E-state index in [2.05, 4.69) is 6.58 Å². The lowest BCUT2D eigenvalue weighted by atomic mass is 9.93. The van der Waals surface area contributed by atoms with Crippen LogP contribution in [0, 0.1) is 0 Å². The number of carbonyl (C=O) groups is 3. The maximum atomic E-state index is 12.1. The minimum Gasteiger partial charge on any atom is -0.461 e. The highest BCUT2D eigenvalue weighted by Crippen LogP contribution is 2.34. The first-order valence-electron chi connectivity index (χ1n) is 6.04. The summed E-state index contributed by atoms with van der Waals surface area (Å²) in [6.45, 7) is 5.33. The molecule has 5 nitrogen and oxygen atoms in total. The van der Waals surface area contributed by atoms with Crippen LogP contribution in [0.2, 0.25) is 0 Å². The van der Waals surface area contributed by atoms with Crippen molar-refractivity contribution in [1.82, 2.24) is 4.90 Å². The fourth-order valence-electron chi connectivity index (χ4n) is 2.29. The predicted molar refractivity (Wildman–Crippen MR) is 63.1 cm³/mol. The Morgan fingerprint density at radius 2 is 1.72 bits per heavy atom. The second-order valence-electron chi connectivity index (χ2n) is 4.28. The molecule has 0 aromatic carbocycles. The number of nitrogens with zero attached hydrogens (tertiary/aromatic N) is 1. The highest BCUT2D eigenvalue weighted by atomic mass is 16.5. The van der Waals surface area contributed by atoms with Crippen LogP contribution in [0.5, 0.6) is 0 Å². The van der Waals surface area contributed by atoms with Crippen LogP contribution in [0.25, 0.3) is 0 Å². The molecule has 0 bridgehead atoms. The summed E-state index contributed by atoms with van der Waals surface area (Å²) in [4.78, 5) is 36.6. The zero-order valence-corrected chi connectivity index (χ0v) is 10.3. The molecule has 0 radical (unpaired) electrons. The fourth-order valence-corrected chi connectivity index (χ4v) is 2.29. The van der Waals surface area contributed by atoms with Gasteiger partial charge in [-0.2, -0.15) is 0 Å². The Labute approximate surface area is 105 Å². The minimum atomic E-state index is -0.723. The molecule has 0 unspecified atom stereocenters. The van der Waals surface area contributed by atoms with Crippen LogP contribution in [0.1, 0.15) is 32.6 Å². The highest BCUT2D eigenvalue weighted by Gasteiger charge is 2.41. The molecule has 0 atom stereocenters. The van der Waals surface area contributed by atoms with E-state index in [-0.39, 0.29) is 12.3 Å². The third-order valence-corrected chi connectivity index (χ3v) is 3.17. The van der Waals surface area contributed by atoms with Crippen LogP contribution >= 0.6 is 0 Å². The normalized spacial score (nSPS) is 19.1. The third kappa shape index (κ3) is 1.85. The molecule has 18 heavy (non-hydrogen) atoms. The van der Waals surface area contributed by atoms with Gasteiger partial charge >= 0.3 is 5.97 Å². The molecule has 2 aliphatic rings. The number of hydrogen-bond donors (Lipinski definition) is 0. The Kier molecular flexibility index (Phi) is 3.32. The number of amides is 2. The van der Waals surface area contributed by atoms with Crippen LogP contribution < -0.4 is 0 Å². The first kappa shape index (κ1) is 12.5. The SMILES string of the molecule is C=C(C(=O)OCC)N1C(=O)C2=C(CCCC2)C1=O. The Balaban J connectivity index is 2.23. The maximum Gasteiger partial charge on any atom is 0.354 e. The van der Waals surface area contributed by atoms with Gasteiger partial charge in [-0.3, -0.25) is 9.59 Å². The van der Waals surface area contributed by atoms with E-state index < -0.39 is 17.8 Å². The van der Waals surface area contributed by atoms with Gasteiger partial charge in [0.1, 0.15) is 5.70 Å². The zero-order chi connectivity index (χ0) is 13.3. The van der Waals surface area contributed by atoms with Crippen molar-refractivity contribution in [2.75, 3.05) is 6.61 Å². The zero-order valence-electron chi connectivity index (χ0n) is 10.3. The molecular weight excluding hydrogens is 234 g/mol. The van der Waals surface area contributed by atoms with Gasteiger partial charge in [0.2, 0.25) is 0 Å². The number of ether oxygens (including phenoxy) is 1. The van der Waals surface area contributed by atoms with Gasteiger partial charge < -0.3 is 4.74 Å². The molecule has 0 spiro atoms. The van der Waals surface area contributed by atoms with E-state index in [1.807, 2.05) is 0 Å². The molecule has 1 aliphatic carbocycles. The lowest BCUT2D eigenvalue weighted by molar-refractivity contribution is -0.146. The van der Waals surface area contributed by atoms with E-state index in [1.165, 1.54) is 0 Å². The van der Waals surface area contributed by atoms with Gasteiger partial charge in [0.05, 0.1) is 6.61 Å². The molecule has 5 heteroatoms. The summed E-state index contributed by atoms with van der Waals surface area (Å²) in [6, 6.07) is 0. The topological polar surface area (TPSA) is 63.7 Å². The van der Waals surface area contributed by atoms with Crippen molar-refractivity contribution < 1.29 is 19.1 Å². The average Bonchev–Trinajstić information content (AvgIpc) is 2.62. The summed E-state index contributed by atoms with van der Waals surface area (Å²) >= 11 is 0. The largest absolute Gasteiger partial charge is 0.461 e.